The number of hydrogen-bond acceptors (Lipinski definition) is 5. The molecule has 2 saturated heterocycles. The Morgan fingerprint density at radius 1 is 1.35 bits per heavy atom. The van der Waals surface area contributed by atoms with Crippen LogP contribution in [-0.4, -0.2) is 41.7 Å². The van der Waals surface area contributed by atoms with Gasteiger partial charge in [-0.2, -0.15) is 4.98 Å². The Morgan fingerprint density at radius 2 is 2.20 bits per heavy atom. The van der Waals surface area contributed by atoms with Gasteiger partial charge in [0.15, 0.2) is 0 Å². The lowest BCUT2D eigenvalue weighted by atomic mass is 9.94. The zero-order chi connectivity index (χ0) is 14.1. The van der Waals surface area contributed by atoms with E-state index in [0.29, 0.717) is 11.9 Å². The first-order valence-electron chi connectivity index (χ1n) is 7.62. The predicted octanol–water partition coefficient (Wildman–Crippen LogP) is 1.76. The molecular formula is C15H24N4O. The molecule has 2 fully saturated rings. The second-order valence-electron chi connectivity index (χ2n) is 6.18. The number of aromatic nitrogens is 2. The highest BCUT2D eigenvalue weighted by atomic mass is 16.5. The number of nitrogens with one attached hydrogen (secondary N) is 1. The Labute approximate surface area is 120 Å². The van der Waals surface area contributed by atoms with Crippen LogP contribution in [0.25, 0.3) is 0 Å². The number of piperidine rings is 1. The molecule has 5 nitrogen and oxygen atoms in total. The number of aryl methyl sites for hydroxylation is 1. The molecule has 2 unspecified atom stereocenters. The number of fused-ring (bicyclic) bond motifs is 1. The summed E-state index contributed by atoms with van der Waals surface area (Å²) in [4.78, 5) is 11.5. The van der Waals surface area contributed by atoms with E-state index in [9.17, 15) is 0 Å². The molecule has 0 aromatic carbocycles. The Morgan fingerprint density at radius 3 is 2.95 bits per heavy atom. The molecule has 5 heteroatoms. The lowest BCUT2D eigenvalue weighted by Gasteiger charge is -2.24. The minimum atomic E-state index is 0.139. The van der Waals surface area contributed by atoms with Crippen LogP contribution in [0, 0.1) is 12.8 Å². The summed E-state index contributed by atoms with van der Waals surface area (Å²) in [6.45, 7) is 9.25. The third-order valence-electron chi connectivity index (χ3n) is 4.06. The molecule has 0 bridgehead atoms. The molecule has 0 aliphatic carbocycles. The fourth-order valence-electron chi connectivity index (χ4n) is 3.18. The fraction of sp³-hybridized carbons (Fsp3) is 0.733. The van der Waals surface area contributed by atoms with E-state index in [1.54, 1.807) is 0 Å². The molecule has 110 valence electrons. The zero-order valence-electron chi connectivity index (χ0n) is 12.6. The molecule has 3 rings (SSSR count). The topological polar surface area (TPSA) is 50.3 Å². The van der Waals surface area contributed by atoms with Crippen LogP contribution >= 0.6 is 0 Å². The smallest absolute Gasteiger partial charge is 0.228 e. The molecule has 0 spiro atoms. The van der Waals surface area contributed by atoms with Gasteiger partial charge in [-0.15, -0.1) is 0 Å². The average molecular weight is 276 g/mol. The average Bonchev–Trinajstić information content (AvgIpc) is 2.80. The lowest BCUT2D eigenvalue weighted by Crippen LogP contribution is -2.40. The highest BCUT2D eigenvalue weighted by Crippen LogP contribution is 2.28. The molecule has 20 heavy (non-hydrogen) atoms. The highest BCUT2D eigenvalue weighted by molar-refractivity contribution is 5.37. The zero-order valence-corrected chi connectivity index (χ0v) is 12.6. The van der Waals surface area contributed by atoms with Crippen molar-refractivity contribution in [3.8, 4) is 5.88 Å². The van der Waals surface area contributed by atoms with Crippen molar-refractivity contribution in [2.75, 3.05) is 24.5 Å². The Bertz CT molecular complexity index is 463. The van der Waals surface area contributed by atoms with Gasteiger partial charge in [0.25, 0.3) is 0 Å². The Kier molecular flexibility index (Phi) is 3.78. The standard InChI is InChI=1S/C15H24N4O/c1-10(2)20-14-7-11(3)17-15(18-14)19-8-12-5-4-6-16-13(12)9-19/h7,10,12-13,16H,4-6,8-9H2,1-3H3. The van der Waals surface area contributed by atoms with Crippen LogP contribution < -0.4 is 15.0 Å². The number of ether oxygens (including phenoxy) is 1. The normalized spacial score (nSPS) is 25.9. The van der Waals surface area contributed by atoms with Crippen molar-refractivity contribution in [3.63, 3.8) is 0 Å². The SMILES string of the molecule is Cc1cc(OC(C)C)nc(N2CC3CCCNC3C2)n1. The summed E-state index contributed by atoms with van der Waals surface area (Å²) < 4.78 is 5.72. The van der Waals surface area contributed by atoms with Crippen molar-refractivity contribution in [2.24, 2.45) is 5.92 Å². The van der Waals surface area contributed by atoms with Crippen molar-refractivity contribution < 1.29 is 4.74 Å². The van der Waals surface area contributed by atoms with Gasteiger partial charge in [-0.05, 0) is 46.1 Å². The minimum absolute atomic E-state index is 0.139. The van der Waals surface area contributed by atoms with E-state index in [0.717, 1.165) is 37.2 Å². The molecule has 0 radical (unpaired) electrons. The van der Waals surface area contributed by atoms with Crippen LogP contribution in [0.3, 0.4) is 0 Å². The molecule has 0 saturated carbocycles. The number of nitrogens with zero attached hydrogens (tertiary/aromatic N) is 3. The largest absolute Gasteiger partial charge is 0.475 e. The van der Waals surface area contributed by atoms with E-state index >= 15 is 0 Å². The molecule has 2 aliphatic rings. The third-order valence-corrected chi connectivity index (χ3v) is 4.06. The molecule has 1 aromatic heterocycles. The molecule has 2 aliphatic heterocycles. The van der Waals surface area contributed by atoms with Gasteiger partial charge >= 0.3 is 0 Å². The van der Waals surface area contributed by atoms with Crippen LogP contribution in [0.1, 0.15) is 32.4 Å². The first-order chi connectivity index (χ1) is 9.61. The molecule has 2 atom stereocenters. The number of hydrogen-bond donors (Lipinski definition) is 1. The van der Waals surface area contributed by atoms with Gasteiger partial charge < -0.3 is 15.0 Å². The van der Waals surface area contributed by atoms with Crippen molar-refractivity contribution in [1.29, 1.82) is 0 Å². The maximum Gasteiger partial charge on any atom is 0.228 e. The molecular weight excluding hydrogens is 252 g/mol. The number of anilines is 1. The predicted molar refractivity (Wildman–Crippen MR) is 79.3 cm³/mol. The molecule has 1 aromatic rings. The van der Waals surface area contributed by atoms with Crippen LogP contribution in [0.2, 0.25) is 0 Å². The van der Waals surface area contributed by atoms with E-state index in [1.165, 1.54) is 12.8 Å². The van der Waals surface area contributed by atoms with Crippen molar-refractivity contribution >= 4 is 5.95 Å². The van der Waals surface area contributed by atoms with Gasteiger partial charge in [0.2, 0.25) is 11.8 Å². The van der Waals surface area contributed by atoms with Gasteiger partial charge in [-0.3, -0.25) is 0 Å². The first-order valence-corrected chi connectivity index (χ1v) is 7.62. The molecule has 0 amide bonds. The van der Waals surface area contributed by atoms with E-state index < -0.39 is 0 Å². The Balaban J connectivity index is 1.78. The summed E-state index contributed by atoms with van der Waals surface area (Å²) in [6.07, 6.45) is 2.74. The maximum absolute atomic E-state index is 5.72. The third kappa shape index (κ3) is 2.87. The van der Waals surface area contributed by atoms with Gasteiger partial charge in [-0.1, -0.05) is 0 Å². The quantitative estimate of drug-likeness (QED) is 0.911. The second-order valence-corrected chi connectivity index (χ2v) is 6.18. The second kappa shape index (κ2) is 5.56. The lowest BCUT2D eigenvalue weighted by molar-refractivity contribution is 0.232. The van der Waals surface area contributed by atoms with Crippen molar-refractivity contribution in [1.82, 2.24) is 15.3 Å². The Hall–Kier alpha value is -1.36. The van der Waals surface area contributed by atoms with E-state index in [2.05, 4.69) is 20.2 Å². The van der Waals surface area contributed by atoms with Crippen molar-refractivity contribution in [2.45, 2.75) is 45.8 Å². The maximum atomic E-state index is 5.72. The van der Waals surface area contributed by atoms with Crippen molar-refractivity contribution in [3.05, 3.63) is 11.8 Å². The summed E-state index contributed by atoms with van der Waals surface area (Å²) in [5, 5.41) is 3.61. The van der Waals surface area contributed by atoms with E-state index in [4.69, 9.17) is 4.74 Å². The van der Waals surface area contributed by atoms with Crippen LogP contribution in [-0.2, 0) is 0 Å². The summed E-state index contributed by atoms with van der Waals surface area (Å²) in [5.41, 5.74) is 0.966. The fourth-order valence-corrected chi connectivity index (χ4v) is 3.18. The number of rotatable bonds is 3. The van der Waals surface area contributed by atoms with E-state index in [1.807, 2.05) is 26.8 Å². The molecule has 3 heterocycles. The van der Waals surface area contributed by atoms with Gasteiger partial charge in [-0.25, -0.2) is 4.98 Å². The molecule has 1 N–H and O–H groups in total. The van der Waals surface area contributed by atoms with Gasteiger partial charge in [0.1, 0.15) is 0 Å². The minimum Gasteiger partial charge on any atom is -0.475 e. The van der Waals surface area contributed by atoms with Gasteiger partial charge in [0, 0.05) is 30.9 Å². The van der Waals surface area contributed by atoms with Gasteiger partial charge in [0.05, 0.1) is 6.10 Å². The monoisotopic (exact) mass is 276 g/mol. The van der Waals surface area contributed by atoms with E-state index in [-0.39, 0.29) is 6.10 Å². The van der Waals surface area contributed by atoms with Crippen LogP contribution in [0.5, 0.6) is 5.88 Å². The summed E-state index contributed by atoms with van der Waals surface area (Å²) in [7, 11) is 0. The summed E-state index contributed by atoms with van der Waals surface area (Å²) in [5.74, 6) is 2.24. The highest BCUT2D eigenvalue weighted by Gasteiger charge is 2.35. The summed E-state index contributed by atoms with van der Waals surface area (Å²) in [6, 6.07) is 2.51. The first kappa shape index (κ1) is 13.6. The van der Waals surface area contributed by atoms with Crippen LogP contribution in [0.4, 0.5) is 5.95 Å². The summed E-state index contributed by atoms with van der Waals surface area (Å²) >= 11 is 0. The van der Waals surface area contributed by atoms with Crippen LogP contribution in [0.15, 0.2) is 6.07 Å².